The summed E-state index contributed by atoms with van der Waals surface area (Å²) in [6, 6.07) is 5.76. The van der Waals surface area contributed by atoms with Crippen molar-refractivity contribution in [3.63, 3.8) is 0 Å². The Labute approximate surface area is 104 Å². The highest BCUT2D eigenvalue weighted by Crippen LogP contribution is 2.27. The summed E-state index contributed by atoms with van der Waals surface area (Å²) in [4.78, 5) is 4.62. The molecule has 1 saturated heterocycles. The zero-order valence-electron chi connectivity index (χ0n) is 9.56. The van der Waals surface area contributed by atoms with E-state index in [2.05, 4.69) is 9.55 Å². The second-order valence-electron chi connectivity index (χ2n) is 4.47. The van der Waals surface area contributed by atoms with Crippen LogP contribution in [0.1, 0.15) is 11.7 Å². The molecule has 0 aliphatic carbocycles. The Balaban J connectivity index is 2.14. The molecule has 5 heteroatoms. The Kier molecular flexibility index (Phi) is 2.58. The maximum Gasteiger partial charge on any atom is 0.116 e. The lowest BCUT2D eigenvalue weighted by Gasteiger charge is -2.12. The van der Waals surface area contributed by atoms with Crippen molar-refractivity contribution in [2.75, 3.05) is 13.2 Å². The summed E-state index contributed by atoms with van der Waals surface area (Å²) in [5, 5.41) is 0.703. The number of nitrogens with two attached hydrogens (primary N) is 1. The molecule has 1 fully saturated rings. The summed E-state index contributed by atoms with van der Waals surface area (Å²) < 4.78 is 7.47. The topological polar surface area (TPSA) is 53.1 Å². The summed E-state index contributed by atoms with van der Waals surface area (Å²) in [5.41, 5.74) is 8.01. The minimum absolute atomic E-state index is 0.0287. The van der Waals surface area contributed by atoms with E-state index in [0.29, 0.717) is 18.2 Å². The zero-order valence-corrected chi connectivity index (χ0v) is 10.3. The molecule has 0 radical (unpaired) electrons. The molecule has 2 N–H and O–H groups in total. The number of halogens is 1. The SMILES string of the molecule is Cn1c(C2COCC2N)nc2cc(Cl)ccc21. The van der Waals surface area contributed by atoms with E-state index >= 15 is 0 Å². The largest absolute Gasteiger partial charge is 0.379 e. The third-order valence-electron chi connectivity index (χ3n) is 3.33. The lowest BCUT2D eigenvalue weighted by atomic mass is 10.0. The van der Waals surface area contributed by atoms with Crippen molar-refractivity contribution in [1.82, 2.24) is 9.55 Å². The van der Waals surface area contributed by atoms with E-state index in [0.717, 1.165) is 16.9 Å². The standard InChI is InChI=1S/C12H14ClN3O/c1-16-11-3-2-7(13)4-10(11)15-12(16)8-5-17-6-9(8)14/h2-4,8-9H,5-6,14H2,1H3. The highest BCUT2D eigenvalue weighted by Gasteiger charge is 2.30. The Hall–Kier alpha value is -1.10. The lowest BCUT2D eigenvalue weighted by Crippen LogP contribution is -2.28. The molecule has 1 aliphatic rings. The predicted molar refractivity (Wildman–Crippen MR) is 67.3 cm³/mol. The number of ether oxygens (including phenoxy) is 1. The van der Waals surface area contributed by atoms with Crippen LogP contribution in [0.15, 0.2) is 18.2 Å². The smallest absolute Gasteiger partial charge is 0.116 e. The third-order valence-corrected chi connectivity index (χ3v) is 3.57. The molecule has 1 aromatic carbocycles. The van der Waals surface area contributed by atoms with Crippen LogP contribution >= 0.6 is 11.6 Å². The Morgan fingerprint density at radius 3 is 3.00 bits per heavy atom. The first-order valence-corrected chi connectivity index (χ1v) is 6.00. The van der Waals surface area contributed by atoms with Gasteiger partial charge in [0.05, 0.1) is 30.2 Å². The molecule has 17 heavy (non-hydrogen) atoms. The van der Waals surface area contributed by atoms with Gasteiger partial charge >= 0.3 is 0 Å². The van der Waals surface area contributed by atoms with Crippen molar-refractivity contribution in [2.45, 2.75) is 12.0 Å². The maximum atomic E-state index is 6.03. The van der Waals surface area contributed by atoms with Gasteiger partial charge in [-0.25, -0.2) is 4.98 Å². The minimum atomic E-state index is 0.0287. The summed E-state index contributed by atoms with van der Waals surface area (Å²) in [7, 11) is 2.00. The van der Waals surface area contributed by atoms with E-state index in [1.54, 1.807) is 0 Å². The zero-order chi connectivity index (χ0) is 12.0. The van der Waals surface area contributed by atoms with Crippen LogP contribution in [0.25, 0.3) is 11.0 Å². The van der Waals surface area contributed by atoms with Crippen molar-refractivity contribution in [3.8, 4) is 0 Å². The van der Waals surface area contributed by atoms with Gasteiger partial charge in [0.1, 0.15) is 5.82 Å². The van der Waals surface area contributed by atoms with Crippen molar-refractivity contribution in [1.29, 1.82) is 0 Å². The van der Waals surface area contributed by atoms with Gasteiger partial charge in [0, 0.05) is 18.1 Å². The number of hydrogen-bond acceptors (Lipinski definition) is 3. The molecule has 0 amide bonds. The van der Waals surface area contributed by atoms with E-state index in [-0.39, 0.29) is 12.0 Å². The highest BCUT2D eigenvalue weighted by atomic mass is 35.5. The first-order valence-electron chi connectivity index (χ1n) is 5.62. The summed E-state index contributed by atoms with van der Waals surface area (Å²) >= 11 is 5.97. The monoisotopic (exact) mass is 251 g/mol. The Morgan fingerprint density at radius 1 is 1.47 bits per heavy atom. The molecule has 2 aromatic rings. The van der Waals surface area contributed by atoms with Gasteiger partial charge in [-0.15, -0.1) is 0 Å². The molecule has 0 saturated carbocycles. The predicted octanol–water partition coefficient (Wildman–Crippen LogP) is 1.67. The average molecular weight is 252 g/mol. The van der Waals surface area contributed by atoms with Crippen LogP contribution in [0.2, 0.25) is 5.02 Å². The van der Waals surface area contributed by atoms with Gasteiger partial charge in [0.15, 0.2) is 0 Å². The van der Waals surface area contributed by atoms with E-state index in [9.17, 15) is 0 Å². The maximum absolute atomic E-state index is 6.03. The number of fused-ring (bicyclic) bond motifs is 1. The molecule has 90 valence electrons. The molecule has 2 atom stereocenters. The van der Waals surface area contributed by atoms with E-state index in [1.807, 2.05) is 25.2 Å². The molecule has 1 aliphatic heterocycles. The van der Waals surface area contributed by atoms with Crippen LogP contribution in [0.3, 0.4) is 0 Å². The van der Waals surface area contributed by atoms with Gasteiger partial charge in [-0.05, 0) is 18.2 Å². The number of aromatic nitrogens is 2. The van der Waals surface area contributed by atoms with Gasteiger partial charge in [-0.3, -0.25) is 0 Å². The van der Waals surface area contributed by atoms with Crippen LogP contribution in [-0.4, -0.2) is 28.8 Å². The molecule has 2 heterocycles. The van der Waals surface area contributed by atoms with Crippen LogP contribution in [0.4, 0.5) is 0 Å². The van der Waals surface area contributed by atoms with Crippen LogP contribution in [0, 0.1) is 0 Å². The fourth-order valence-corrected chi connectivity index (χ4v) is 2.53. The van der Waals surface area contributed by atoms with Gasteiger partial charge < -0.3 is 15.0 Å². The van der Waals surface area contributed by atoms with Gasteiger partial charge in [-0.1, -0.05) is 11.6 Å². The van der Waals surface area contributed by atoms with Crippen LogP contribution < -0.4 is 5.73 Å². The molecule has 3 rings (SSSR count). The first kappa shape index (κ1) is 11.0. The minimum Gasteiger partial charge on any atom is -0.379 e. The van der Waals surface area contributed by atoms with Crippen LogP contribution in [-0.2, 0) is 11.8 Å². The second kappa shape index (κ2) is 3.98. The first-order chi connectivity index (χ1) is 8.16. The Morgan fingerprint density at radius 2 is 2.29 bits per heavy atom. The molecule has 0 bridgehead atoms. The average Bonchev–Trinajstić information content (AvgIpc) is 2.83. The highest BCUT2D eigenvalue weighted by molar-refractivity contribution is 6.31. The number of benzene rings is 1. The summed E-state index contributed by atoms with van der Waals surface area (Å²) in [5.74, 6) is 1.15. The lowest BCUT2D eigenvalue weighted by molar-refractivity contribution is 0.190. The molecular formula is C12H14ClN3O. The van der Waals surface area contributed by atoms with Crippen molar-refractivity contribution < 1.29 is 4.74 Å². The van der Waals surface area contributed by atoms with E-state index < -0.39 is 0 Å². The molecular weight excluding hydrogens is 238 g/mol. The fourth-order valence-electron chi connectivity index (χ4n) is 2.36. The number of aryl methyl sites for hydroxylation is 1. The van der Waals surface area contributed by atoms with Crippen molar-refractivity contribution in [2.24, 2.45) is 12.8 Å². The molecule has 4 nitrogen and oxygen atoms in total. The molecule has 2 unspecified atom stereocenters. The number of imidazole rings is 1. The van der Waals surface area contributed by atoms with Crippen LogP contribution in [0.5, 0.6) is 0 Å². The Bertz CT molecular complexity index is 566. The quantitative estimate of drug-likeness (QED) is 0.839. The summed E-state index contributed by atoms with van der Waals surface area (Å²) in [6.07, 6.45) is 0. The number of nitrogens with zero attached hydrogens (tertiary/aromatic N) is 2. The van der Waals surface area contributed by atoms with Gasteiger partial charge in [0.2, 0.25) is 0 Å². The normalized spacial score (nSPS) is 24.6. The number of rotatable bonds is 1. The molecule has 1 aromatic heterocycles. The molecule has 0 spiro atoms. The second-order valence-corrected chi connectivity index (χ2v) is 4.91. The summed E-state index contributed by atoms with van der Waals surface area (Å²) in [6.45, 7) is 1.25. The van der Waals surface area contributed by atoms with Crippen molar-refractivity contribution >= 4 is 22.6 Å². The van der Waals surface area contributed by atoms with Gasteiger partial charge in [-0.2, -0.15) is 0 Å². The third kappa shape index (κ3) is 1.73. The van der Waals surface area contributed by atoms with E-state index in [4.69, 9.17) is 22.1 Å². The van der Waals surface area contributed by atoms with Gasteiger partial charge in [0.25, 0.3) is 0 Å². The fraction of sp³-hybridized carbons (Fsp3) is 0.417. The number of hydrogen-bond donors (Lipinski definition) is 1. The van der Waals surface area contributed by atoms with E-state index in [1.165, 1.54) is 0 Å². The van der Waals surface area contributed by atoms with Crippen molar-refractivity contribution in [3.05, 3.63) is 29.0 Å².